The topological polar surface area (TPSA) is 58.6 Å². The molecule has 0 spiro atoms. The van der Waals surface area contributed by atoms with E-state index in [1.807, 2.05) is 24.4 Å². The highest BCUT2D eigenvalue weighted by molar-refractivity contribution is 5.92. The standard InChI is InChI=1S/C30H37N4O/c1-6-34(7-2,29(35)20-8-12-23(13-9-20)30(3,4)5)26-15-11-21-18-22(10-14-24(21)26)27-25-16-17-31-28(25)33-19-32-27/h8-10,12-13,16-19,24,26H,6-7,11,14-15H2,1-5H3,(H,31,32,33)/q+1. The van der Waals surface area contributed by atoms with E-state index in [0.29, 0.717) is 16.4 Å². The molecule has 1 fully saturated rings. The molecule has 5 rings (SSSR count). The van der Waals surface area contributed by atoms with Crippen molar-refractivity contribution in [3.05, 3.63) is 77.4 Å². The van der Waals surface area contributed by atoms with Gasteiger partial charge in [0, 0.05) is 23.9 Å². The van der Waals surface area contributed by atoms with Crippen LogP contribution >= 0.6 is 0 Å². The molecule has 5 heteroatoms. The third-order valence-corrected chi connectivity index (χ3v) is 8.40. The Morgan fingerprint density at radius 1 is 1.09 bits per heavy atom. The summed E-state index contributed by atoms with van der Waals surface area (Å²) in [4.78, 5) is 26.2. The summed E-state index contributed by atoms with van der Waals surface area (Å²) in [7, 11) is 0. The van der Waals surface area contributed by atoms with E-state index >= 15 is 0 Å². The Labute approximate surface area is 208 Å². The van der Waals surface area contributed by atoms with Gasteiger partial charge in [0.2, 0.25) is 0 Å². The minimum atomic E-state index is 0.0793. The Morgan fingerprint density at radius 3 is 2.51 bits per heavy atom. The van der Waals surface area contributed by atoms with Gasteiger partial charge in [0.1, 0.15) is 18.0 Å². The minimum absolute atomic E-state index is 0.0793. The van der Waals surface area contributed by atoms with Crippen LogP contribution in [0.3, 0.4) is 0 Å². The fraction of sp³-hybridized carbons (Fsp3) is 0.433. The predicted molar refractivity (Wildman–Crippen MR) is 142 cm³/mol. The van der Waals surface area contributed by atoms with Gasteiger partial charge >= 0.3 is 5.91 Å². The first-order valence-corrected chi connectivity index (χ1v) is 13.0. The van der Waals surface area contributed by atoms with Gasteiger partial charge < -0.3 is 4.98 Å². The van der Waals surface area contributed by atoms with Crippen LogP contribution in [0.15, 0.2) is 60.6 Å². The first kappa shape index (κ1) is 23.7. The Bertz CT molecular complexity index is 1300. The van der Waals surface area contributed by atoms with E-state index in [9.17, 15) is 4.79 Å². The fourth-order valence-corrected chi connectivity index (χ4v) is 6.31. The summed E-state index contributed by atoms with van der Waals surface area (Å²) in [5.74, 6) is 0.668. The largest absolute Gasteiger partial charge is 0.346 e. The van der Waals surface area contributed by atoms with Gasteiger partial charge in [0.25, 0.3) is 0 Å². The zero-order valence-corrected chi connectivity index (χ0v) is 21.6. The van der Waals surface area contributed by atoms with Crippen molar-refractivity contribution < 1.29 is 9.28 Å². The van der Waals surface area contributed by atoms with Crippen LogP contribution in [0.1, 0.15) is 75.5 Å². The van der Waals surface area contributed by atoms with Crippen molar-refractivity contribution >= 4 is 22.5 Å². The number of allylic oxidation sites excluding steroid dienone is 3. The number of hydrogen-bond acceptors (Lipinski definition) is 3. The van der Waals surface area contributed by atoms with Crippen LogP contribution in [0.5, 0.6) is 0 Å². The van der Waals surface area contributed by atoms with Gasteiger partial charge in [-0.05, 0) is 61.4 Å². The lowest BCUT2D eigenvalue weighted by atomic mass is 9.85. The summed E-state index contributed by atoms with van der Waals surface area (Å²) < 4.78 is 0.523. The Kier molecular flexibility index (Phi) is 6.00. The molecule has 3 aromatic rings. The number of aromatic nitrogens is 3. The first-order chi connectivity index (χ1) is 16.8. The highest BCUT2D eigenvalue weighted by atomic mass is 16.2. The van der Waals surface area contributed by atoms with E-state index in [4.69, 9.17) is 0 Å². The minimum Gasteiger partial charge on any atom is -0.346 e. The number of nitrogens with one attached hydrogen (secondary N) is 1. The lowest BCUT2D eigenvalue weighted by molar-refractivity contribution is -0.873. The lowest BCUT2D eigenvalue weighted by Gasteiger charge is -2.42. The number of H-pyrrole nitrogens is 1. The molecule has 1 saturated carbocycles. The maximum Gasteiger partial charge on any atom is 0.346 e. The van der Waals surface area contributed by atoms with Crippen LogP contribution in [0.4, 0.5) is 0 Å². The molecule has 182 valence electrons. The molecule has 2 unspecified atom stereocenters. The average molecular weight is 470 g/mol. The molecule has 2 aliphatic carbocycles. The maximum absolute atomic E-state index is 14.1. The van der Waals surface area contributed by atoms with E-state index in [0.717, 1.165) is 54.6 Å². The van der Waals surface area contributed by atoms with Crippen LogP contribution in [-0.2, 0) is 5.41 Å². The summed E-state index contributed by atoms with van der Waals surface area (Å²) in [5, 5.41) is 1.06. The Balaban J connectivity index is 1.44. The number of quaternary nitrogens is 1. The van der Waals surface area contributed by atoms with E-state index in [1.54, 1.807) is 6.33 Å². The van der Waals surface area contributed by atoms with Gasteiger partial charge in [-0.15, -0.1) is 0 Å². The summed E-state index contributed by atoms with van der Waals surface area (Å²) in [6, 6.07) is 10.7. The number of hydrogen-bond donors (Lipinski definition) is 1. The molecule has 0 aliphatic heterocycles. The number of amides is 1. The van der Waals surface area contributed by atoms with E-state index in [-0.39, 0.29) is 11.3 Å². The first-order valence-electron chi connectivity index (χ1n) is 13.0. The third-order valence-electron chi connectivity index (χ3n) is 8.40. The van der Waals surface area contributed by atoms with Crippen molar-refractivity contribution in [2.24, 2.45) is 5.92 Å². The normalized spacial score (nSPS) is 20.5. The fourth-order valence-electron chi connectivity index (χ4n) is 6.31. The molecule has 1 aromatic carbocycles. The van der Waals surface area contributed by atoms with E-state index in [1.165, 1.54) is 16.7 Å². The van der Waals surface area contributed by atoms with Gasteiger partial charge in [-0.1, -0.05) is 50.6 Å². The van der Waals surface area contributed by atoms with Crippen LogP contribution < -0.4 is 0 Å². The van der Waals surface area contributed by atoms with Gasteiger partial charge in [-0.25, -0.2) is 14.8 Å². The molecule has 0 radical (unpaired) electrons. The molecule has 0 bridgehead atoms. The number of fused-ring (bicyclic) bond motifs is 2. The molecule has 5 nitrogen and oxygen atoms in total. The van der Waals surface area contributed by atoms with Crippen molar-refractivity contribution in [2.75, 3.05) is 13.1 Å². The summed E-state index contributed by atoms with van der Waals surface area (Å²) in [6.07, 6.45) is 11.3. The SMILES string of the molecule is CC[N+](CC)(C(=O)c1ccc(C(C)(C)C)cc1)C1CCC2=CC(c3ncnc4[nH]ccc34)=CCC21. The van der Waals surface area contributed by atoms with Gasteiger partial charge in [0.15, 0.2) is 0 Å². The third kappa shape index (κ3) is 3.96. The number of nitrogens with zero attached hydrogens (tertiary/aromatic N) is 3. The van der Waals surface area contributed by atoms with Crippen LogP contribution in [-0.4, -0.2) is 44.5 Å². The molecule has 2 aliphatic rings. The van der Waals surface area contributed by atoms with Crippen molar-refractivity contribution in [3.8, 4) is 0 Å². The van der Waals surface area contributed by atoms with Crippen molar-refractivity contribution in [1.29, 1.82) is 0 Å². The number of carbonyl (C=O) groups excluding carboxylic acids is 1. The summed E-state index contributed by atoms with van der Waals surface area (Å²) in [5.41, 5.74) is 6.69. The number of rotatable bonds is 5. The van der Waals surface area contributed by atoms with E-state index < -0.39 is 0 Å². The molecule has 35 heavy (non-hydrogen) atoms. The highest BCUT2D eigenvalue weighted by Gasteiger charge is 2.50. The van der Waals surface area contributed by atoms with Crippen molar-refractivity contribution in [2.45, 2.75) is 65.3 Å². The van der Waals surface area contributed by atoms with Crippen LogP contribution in [0, 0.1) is 5.92 Å². The number of carbonyl (C=O) groups is 1. The smallest absolute Gasteiger partial charge is 0.346 e. The molecule has 1 amide bonds. The van der Waals surface area contributed by atoms with E-state index in [2.05, 4.69) is 73.9 Å². The second-order valence-electron chi connectivity index (χ2n) is 11.1. The Hall–Kier alpha value is -3.05. The lowest BCUT2D eigenvalue weighted by Crippen LogP contribution is -2.60. The van der Waals surface area contributed by atoms with Crippen molar-refractivity contribution in [3.63, 3.8) is 0 Å². The number of aromatic amines is 1. The van der Waals surface area contributed by atoms with Crippen molar-refractivity contribution in [1.82, 2.24) is 15.0 Å². The second kappa shape index (κ2) is 8.87. The molecular formula is C30H37N4O+. The quantitative estimate of drug-likeness (QED) is 0.437. The monoisotopic (exact) mass is 469 g/mol. The summed E-state index contributed by atoms with van der Waals surface area (Å²) >= 11 is 0. The average Bonchev–Trinajstić information content (AvgIpc) is 3.52. The van der Waals surface area contributed by atoms with Crippen LogP contribution in [0.25, 0.3) is 16.6 Å². The molecule has 2 heterocycles. The predicted octanol–water partition coefficient (Wildman–Crippen LogP) is 6.44. The Morgan fingerprint density at radius 2 is 1.83 bits per heavy atom. The molecule has 2 aromatic heterocycles. The van der Waals surface area contributed by atoms with Gasteiger partial charge in [-0.3, -0.25) is 4.48 Å². The summed E-state index contributed by atoms with van der Waals surface area (Å²) in [6.45, 7) is 12.6. The van der Waals surface area contributed by atoms with Gasteiger partial charge in [-0.2, -0.15) is 0 Å². The maximum atomic E-state index is 14.1. The zero-order valence-electron chi connectivity index (χ0n) is 21.6. The molecule has 2 atom stereocenters. The zero-order chi connectivity index (χ0) is 24.8. The highest BCUT2D eigenvalue weighted by Crippen LogP contribution is 2.45. The molecule has 0 saturated heterocycles. The number of benzene rings is 1. The molecule has 1 N–H and O–H groups in total. The second-order valence-corrected chi connectivity index (χ2v) is 11.1. The molecular weight excluding hydrogens is 432 g/mol. The van der Waals surface area contributed by atoms with Gasteiger partial charge in [0.05, 0.1) is 24.3 Å². The van der Waals surface area contributed by atoms with Crippen LogP contribution in [0.2, 0.25) is 0 Å².